The van der Waals surface area contributed by atoms with Crippen LogP contribution in [0, 0.1) is 0 Å². The van der Waals surface area contributed by atoms with Gasteiger partial charge in [0.05, 0.1) is 6.54 Å². The second-order valence-corrected chi connectivity index (χ2v) is 7.47. The average Bonchev–Trinajstić information content (AvgIpc) is 3.25. The van der Waals surface area contributed by atoms with Crippen LogP contribution in [0.1, 0.15) is 18.7 Å². The first-order valence-corrected chi connectivity index (χ1v) is 10.3. The molecule has 7 nitrogen and oxygen atoms in total. The fourth-order valence-electron chi connectivity index (χ4n) is 3.41. The van der Waals surface area contributed by atoms with E-state index < -0.39 is 0 Å². The number of hydrogen-bond acceptors (Lipinski definition) is 5. The van der Waals surface area contributed by atoms with E-state index >= 15 is 0 Å². The predicted molar refractivity (Wildman–Crippen MR) is 117 cm³/mol. The van der Waals surface area contributed by atoms with Crippen LogP contribution in [-0.4, -0.2) is 47.2 Å². The Morgan fingerprint density at radius 1 is 1.17 bits per heavy atom. The Labute approximate surface area is 180 Å². The van der Waals surface area contributed by atoms with Gasteiger partial charge in [0, 0.05) is 43.6 Å². The van der Waals surface area contributed by atoms with Crippen molar-refractivity contribution in [2.75, 3.05) is 20.1 Å². The van der Waals surface area contributed by atoms with Crippen LogP contribution in [0.3, 0.4) is 0 Å². The predicted octanol–water partition coefficient (Wildman–Crippen LogP) is 4.01. The Balaban J connectivity index is 1.28. The van der Waals surface area contributed by atoms with Gasteiger partial charge < -0.3 is 19.5 Å². The molecule has 156 valence electrons. The molecule has 4 rings (SSSR count). The zero-order valence-electron chi connectivity index (χ0n) is 16.8. The standard InChI is InChI=1S/C22H24ClN5O2/c1-24-22(28-13-11-19(12-14-28)29-18-5-3-2-4-6-18)25-15-20-26-21(27-30-20)16-7-9-17(23)10-8-16/h2-10,19H,11-15H2,1H3,(H,24,25). The fraction of sp³-hybridized carbons (Fsp3) is 0.318. The molecule has 1 saturated heterocycles. The van der Waals surface area contributed by atoms with Gasteiger partial charge in [-0.2, -0.15) is 4.98 Å². The molecule has 1 fully saturated rings. The Morgan fingerprint density at radius 3 is 2.60 bits per heavy atom. The van der Waals surface area contributed by atoms with Gasteiger partial charge in [0.25, 0.3) is 0 Å². The van der Waals surface area contributed by atoms with Crippen molar-refractivity contribution < 1.29 is 9.26 Å². The number of aromatic nitrogens is 2. The normalized spacial score (nSPS) is 15.3. The van der Waals surface area contributed by atoms with Crippen molar-refractivity contribution in [3.05, 3.63) is 65.5 Å². The lowest BCUT2D eigenvalue weighted by atomic mass is 10.1. The molecule has 0 radical (unpaired) electrons. The number of rotatable bonds is 5. The topological polar surface area (TPSA) is 75.8 Å². The number of aliphatic imine (C=N–C) groups is 1. The van der Waals surface area contributed by atoms with Gasteiger partial charge in [0.1, 0.15) is 11.9 Å². The van der Waals surface area contributed by atoms with E-state index in [2.05, 4.69) is 25.3 Å². The van der Waals surface area contributed by atoms with E-state index in [4.69, 9.17) is 20.9 Å². The van der Waals surface area contributed by atoms with E-state index in [1.54, 1.807) is 19.2 Å². The Bertz CT molecular complexity index is 967. The third-order valence-corrected chi connectivity index (χ3v) is 5.22. The number of halogens is 1. The fourth-order valence-corrected chi connectivity index (χ4v) is 3.53. The number of hydrogen-bond donors (Lipinski definition) is 1. The van der Waals surface area contributed by atoms with E-state index in [1.165, 1.54) is 0 Å². The summed E-state index contributed by atoms with van der Waals surface area (Å²) < 4.78 is 11.4. The lowest BCUT2D eigenvalue weighted by Crippen LogP contribution is -2.47. The molecule has 0 aliphatic carbocycles. The molecule has 0 amide bonds. The highest BCUT2D eigenvalue weighted by molar-refractivity contribution is 6.30. The molecular weight excluding hydrogens is 402 g/mol. The summed E-state index contributed by atoms with van der Waals surface area (Å²) in [5, 5.41) is 8.03. The van der Waals surface area contributed by atoms with Crippen molar-refractivity contribution in [1.82, 2.24) is 20.4 Å². The number of guanidine groups is 1. The van der Waals surface area contributed by atoms with Crippen molar-refractivity contribution in [3.8, 4) is 17.1 Å². The summed E-state index contributed by atoms with van der Waals surface area (Å²) in [6.45, 7) is 2.15. The van der Waals surface area contributed by atoms with Crippen LogP contribution >= 0.6 is 11.6 Å². The van der Waals surface area contributed by atoms with E-state index in [-0.39, 0.29) is 6.10 Å². The maximum atomic E-state index is 6.07. The maximum Gasteiger partial charge on any atom is 0.246 e. The van der Waals surface area contributed by atoms with Gasteiger partial charge in [-0.25, -0.2) is 0 Å². The molecule has 0 bridgehead atoms. The zero-order chi connectivity index (χ0) is 20.8. The summed E-state index contributed by atoms with van der Waals surface area (Å²) in [6.07, 6.45) is 2.10. The van der Waals surface area contributed by atoms with Crippen molar-refractivity contribution in [2.24, 2.45) is 4.99 Å². The first-order valence-electron chi connectivity index (χ1n) is 9.97. The zero-order valence-corrected chi connectivity index (χ0v) is 17.5. The number of benzene rings is 2. The molecule has 2 aromatic carbocycles. The van der Waals surface area contributed by atoms with Gasteiger partial charge in [0.2, 0.25) is 11.7 Å². The van der Waals surface area contributed by atoms with Gasteiger partial charge in [-0.1, -0.05) is 35.0 Å². The molecule has 8 heteroatoms. The molecule has 1 aliphatic rings. The van der Waals surface area contributed by atoms with Crippen molar-refractivity contribution in [1.29, 1.82) is 0 Å². The molecule has 30 heavy (non-hydrogen) atoms. The molecular formula is C22H24ClN5O2. The van der Waals surface area contributed by atoms with Crippen LogP contribution in [0.4, 0.5) is 0 Å². The summed E-state index contributed by atoms with van der Waals surface area (Å²) in [6, 6.07) is 17.3. The van der Waals surface area contributed by atoms with Crippen LogP contribution in [0.5, 0.6) is 5.75 Å². The number of nitrogens with one attached hydrogen (secondary N) is 1. The monoisotopic (exact) mass is 425 g/mol. The minimum Gasteiger partial charge on any atom is -0.490 e. The van der Waals surface area contributed by atoms with Crippen LogP contribution in [-0.2, 0) is 6.54 Å². The first-order chi connectivity index (χ1) is 14.7. The highest BCUT2D eigenvalue weighted by Crippen LogP contribution is 2.20. The van der Waals surface area contributed by atoms with Crippen LogP contribution in [0.2, 0.25) is 5.02 Å². The van der Waals surface area contributed by atoms with E-state index in [1.807, 2.05) is 42.5 Å². The molecule has 1 N–H and O–H groups in total. The second kappa shape index (κ2) is 9.63. The van der Waals surface area contributed by atoms with Crippen molar-refractivity contribution in [3.63, 3.8) is 0 Å². The minimum atomic E-state index is 0.222. The van der Waals surface area contributed by atoms with E-state index in [0.717, 1.165) is 43.2 Å². The highest BCUT2D eigenvalue weighted by Gasteiger charge is 2.23. The molecule has 3 aromatic rings. The van der Waals surface area contributed by atoms with Crippen molar-refractivity contribution >= 4 is 17.6 Å². The lowest BCUT2D eigenvalue weighted by molar-refractivity contribution is 0.129. The minimum absolute atomic E-state index is 0.222. The molecule has 0 atom stereocenters. The first kappa shape index (κ1) is 20.2. The number of nitrogens with zero attached hydrogens (tertiary/aromatic N) is 4. The summed E-state index contributed by atoms with van der Waals surface area (Å²) in [4.78, 5) is 11.1. The maximum absolute atomic E-state index is 6.07. The number of para-hydroxylation sites is 1. The van der Waals surface area contributed by atoms with Gasteiger partial charge in [-0.05, 0) is 36.4 Å². The van der Waals surface area contributed by atoms with Gasteiger partial charge in [0.15, 0.2) is 5.96 Å². The average molecular weight is 426 g/mol. The summed E-state index contributed by atoms with van der Waals surface area (Å²) in [5.41, 5.74) is 0.860. The van der Waals surface area contributed by atoms with E-state index in [9.17, 15) is 0 Å². The molecule has 0 unspecified atom stereocenters. The van der Waals surface area contributed by atoms with Crippen LogP contribution in [0.15, 0.2) is 64.1 Å². The highest BCUT2D eigenvalue weighted by atomic mass is 35.5. The number of likely N-dealkylation sites (tertiary alicyclic amines) is 1. The second-order valence-electron chi connectivity index (χ2n) is 7.04. The largest absolute Gasteiger partial charge is 0.490 e. The third kappa shape index (κ3) is 5.10. The smallest absolute Gasteiger partial charge is 0.246 e. The molecule has 0 saturated carbocycles. The summed E-state index contributed by atoms with van der Waals surface area (Å²) in [7, 11) is 1.78. The van der Waals surface area contributed by atoms with Crippen LogP contribution in [0.25, 0.3) is 11.4 Å². The summed E-state index contributed by atoms with van der Waals surface area (Å²) >= 11 is 5.93. The summed E-state index contributed by atoms with van der Waals surface area (Å²) in [5.74, 6) is 2.78. The molecule has 1 aliphatic heterocycles. The van der Waals surface area contributed by atoms with Gasteiger partial charge >= 0.3 is 0 Å². The Morgan fingerprint density at radius 2 is 1.90 bits per heavy atom. The van der Waals surface area contributed by atoms with Crippen molar-refractivity contribution in [2.45, 2.75) is 25.5 Å². The number of piperidine rings is 1. The van der Waals surface area contributed by atoms with Crippen LogP contribution < -0.4 is 10.1 Å². The quantitative estimate of drug-likeness (QED) is 0.491. The molecule has 2 heterocycles. The van der Waals surface area contributed by atoms with Gasteiger partial charge in [-0.3, -0.25) is 4.99 Å². The van der Waals surface area contributed by atoms with E-state index in [0.29, 0.717) is 23.3 Å². The molecule has 0 spiro atoms. The number of ether oxygens (including phenoxy) is 1. The SMILES string of the molecule is CN=C(NCc1nc(-c2ccc(Cl)cc2)no1)N1CCC(Oc2ccccc2)CC1. The third-order valence-electron chi connectivity index (χ3n) is 4.97. The van der Waals surface area contributed by atoms with Gasteiger partial charge in [-0.15, -0.1) is 0 Å². The Hall–Kier alpha value is -3.06. The Kier molecular flexibility index (Phi) is 6.49. The molecule has 1 aromatic heterocycles. The lowest BCUT2D eigenvalue weighted by Gasteiger charge is -2.34.